The molecule has 144 valence electrons. The highest BCUT2D eigenvalue weighted by Gasteiger charge is 2.20. The molecule has 0 unspecified atom stereocenters. The van der Waals surface area contributed by atoms with Crippen molar-refractivity contribution in [1.29, 1.82) is 0 Å². The number of amides is 1. The van der Waals surface area contributed by atoms with E-state index in [1.807, 2.05) is 0 Å². The van der Waals surface area contributed by atoms with Gasteiger partial charge in [-0.25, -0.2) is 9.97 Å². The summed E-state index contributed by atoms with van der Waals surface area (Å²) >= 11 is 0. The number of non-ortho nitro benzene ring substituents is 2. The number of nitro benzene ring substituents is 2. The lowest BCUT2D eigenvalue weighted by Crippen LogP contribution is -2.26. The van der Waals surface area contributed by atoms with Gasteiger partial charge in [0.25, 0.3) is 17.3 Å². The number of nitrogens with two attached hydrogens (primary N) is 1. The fraction of sp³-hybridized carbons (Fsp3) is 0.200. The van der Waals surface area contributed by atoms with Gasteiger partial charge in [-0.3, -0.25) is 29.7 Å². The smallest absolute Gasteiger partial charge is 0.277 e. The Morgan fingerprint density at radius 3 is 2.43 bits per heavy atom. The second-order valence-corrected chi connectivity index (χ2v) is 5.79. The third-order valence-corrected chi connectivity index (χ3v) is 3.96. The molecule has 0 fully saturated rings. The number of nitrogens with one attached hydrogen (secondary N) is 1. The van der Waals surface area contributed by atoms with Crippen molar-refractivity contribution < 1.29 is 14.6 Å². The van der Waals surface area contributed by atoms with E-state index in [4.69, 9.17) is 5.73 Å². The van der Waals surface area contributed by atoms with Crippen molar-refractivity contribution >= 4 is 34.1 Å². The monoisotopic (exact) mass is 386 g/mol. The Hall–Kier alpha value is -4.16. The highest BCUT2D eigenvalue weighted by atomic mass is 16.6. The van der Waals surface area contributed by atoms with Crippen molar-refractivity contribution in [2.45, 2.75) is 6.42 Å². The van der Waals surface area contributed by atoms with Crippen LogP contribution in [0.5, 0.6) is 0 Å². The number of aromatic nitrogens is 4. The average Bonchev–Trinajstić information content (AvgIpc) is 2.98. The number of nitrogens with zero attached hydrogens (tertiary/aromatic N) is 6. The van der Waals surface area contributed by atoms with Gasteiger partial charge in [0.2, 0.25) is 0 Å². The number of hydrogen-bond acceptors (Lipinski definition) is 9. The molecule has 3 rings (SSSR count). The van der Waals surface area contributed by atoms with Crippen molar-refractivity contribution in [3.05, 3.63) is 56.0 Å². The highest BCUT2D eigenvalue weighted by Crippen LogP contribution is 2.23. The van der Waals surface area contributed by atoms with E-state index < -0.39 is 27.1 Å². The van der Waals surface area contributed by atoms with Crippen LogP contribution < -0.4 is 11.1 Å². The molecule has 1 amide bonds. The number of nitrogen functional groups attached to an aromatic ring is 1. The summed E-state index contributed by atoms with van der Waals surface area (Å²) in [7, 11) is 1.69. The molecule has 0 saturated carbocycles. The van der Waals surface area contributed by atoms with E-state index in [0.717, 1.165) is 18.2 Å². The van der Waals surface area contributed by atoms with Crippen LogP contribution in [0, 0.1) is 20.2 Å². The Bertz CT molecular complexity index is 1080. The zero-order valence-corrected chi connectivity index (χ0v) is 14.5. The molecule has 0 aliphatic carbocycles. The first-order valence-electron chi connectivity index (χ1n) is 7.92. The number of fused-ring (bicyclic) bond motifs is 1. The standard InChI is InChI=1S/C15H14N8O5/c1-21-14-12(13(16)18-7-19-14)11(20-21)2-3-17-15(24)8-4-9(22(25)26)6-10(5-8)23(27)28/h4-7H,2-3H2,1H3,(H,17,24)(H2,16,18,19). The van der Waals surface area contributed by atoms with Crippen LogP contribution >= 0.6 is 0 Å². The van der Waals surface area contributed by atoms with E-state index in [2.05, 4.69) is 20.4 Å². The summed E-state index contributed by atoms with van der Waals surface area (Å²) in [6, 6.07) is 2.74. The number of carbonyl (C=O) groups is 1. The molecule has 0 atom stereocenters. The van der Waals surface area contributed by atoms with Gasteiger partial charge >= 0.3 is 0 Å². The Balaban J connectivity index is 1.77. The lowest BCUT2D eigenvalue weighted by molar-refractivity contribution is -0.394. The average molecular weight is 386 g/mol. The van der Waals surface area contributed by atoms with E-state index >= 15 is 0 Å². The van der Waals surface area contributed by atoms with Crippen molar-refractivity contribution in [3.63, 3.8) is 0 Å². The number of anilines is 1. The number of nitro groups is 2. The predicted molar refractivity (Wildman–Crippen MR) is 96.5 cm³/mol. The molecule has 13 nitrogen and oxygen atoms in total. The summed E-state index contributed by atoms with van der Waals surface area (Å²) in [6.07, 6.45) is 1.61. The molecule has 0 saturated heterocycles. The molecule has 3 N–H and O–H groups in total. The zero-order valence-electron chi connectivity index (χ0n) is 14.5. The fourth-order valence-corrected chi connectivity index (χ4v) is 2.70. The van der Waals surface area contributed by atoms with E-state index in [0.29, 0.717) is 16.7 Å². The second kappa shape index (κ2) is 7.22. The SMILES string of the molecule is Cn1nc(CCNC(=O)c2cc([N+](=O)[O-])cc([N+](=O)[O-])c2)c2c(N)ncnc21. The Kier molecular flexibility index (Phi) is 4.80. The van der Waals surface area contributed by atoms with Gasteiger partial charge in [0.15, 0.2) is 5.65 Å². The largest absolute Gasteiger partial charge is 0.383 e. The molecule has 0 radical (unpaired) electrons. The molecule has 0 aliphatic rings. The Morgan fingerprint density at radius 2 is 1.82 bits per heavy atom. The number of carbonyl (C=O) groups excluding carboxylic acids is 1. The van der Waals surface area contributed by atoms with Gasteiger partial charge in [-0.15, -0.1) is 0 Å². The first kappa shape index (κ1) is 18.6. The topological polar surface area (TPSA) is 185 Å². The summed E-state index contributed by atoms with van der Waals surface area (Å²) in [5.41, 5.74) is 5.71. The van der Waals surface area contributed by atoms with Gasteiger partial charge in [0.1, 0.15) is 12.1 Å². The van der Waals surface area contributed by atoms with Crippen molar-refractivity contribution in [2.75, 3.05) is 12.3 Å². The molecule has 1 aromatic carbocycles. The van der Waals surface area contributed by atoms with E-state index in [1.165, 1.54) is 11.0 Å². The van der Waals surface area contributed by atoms with Crippen molar-refractivity contribution in [1.82, 2.24) is 25.1 Å². The number of benzene rings is 1. The number of rotatable bonds is 6. The molecule has 13 heteroatoms. The number of aryl methyl sites for hydroxylation is 1. The first-order valence-corrected chi connectivity index (χ1v) is 7.92. The van der Waals surface area contributed by atoms with Crippen LogP contribution in [0.25, 0.3) is 11.0 Å². The molecule has 28 heavy (non-hydrogen) atoms. The van der Waals surface area contributed by atoms with E-state index in [1.54, 1.807) is 7.05 Å². The van der Waals surface area contributed by atoms with Crippen LogP contribution in [-0.2, 0) is 13.5 Å². The molecule has 2 heterocycles. The summed E-state index contributed by atoms with van der Waals surface area (Å²) in [5, 5.41) is 29.3. The minimum Gasteiger partial charge on any atom is -0.383 e. The first-order chi connectivity index (χ1) is 13.3. The Morgan fingerprint density at radius 1 is 1.18 bits per heavy atom. The molecule has 0 aliphatic heterocycles. The van der Waals surface area contributed by atoms with E-state index in [9.17, 15) is 25.0 Å². The quantitative estimate of drug-likeness (QED) is 0.455. The van der Waals surface area contributed by atoms with Gasteiger partial charge < -0.3 is 11.1 Å². The van der Waals surface area contributed by atoms with Gasteiger partial charge in [-0.2, -0.15) is 5.10 Å². The summed E-state index contributed by atoms with van der Waals surface area (Å²) in [4.78, 5) is 40.6. The summed E-state index contributed by atoms with van der Waals surface area (Å²) < 4.78 is 1.54. The molecule has 2 aromatic heterocycles. The van der Waals surface area contributed by atoms with Gasteiger partial charge in [-0.05, 0) is 0 Å². The normalized spacial score (nSPS) is 10.8. The molecular formula is C15H14N8O5. The highest BCUT2D eigenvalue weighted by molar-refractivity contribution is 5.95. The second-order valence-electron chi connectivity index (χ2n) is 5.79. The minimum absolute atomic E-state index is 0.121. The molecule has 0 spiro atoms. The summed E-state index contributed by atoms with van der Waals surface area (Å²) in [5.74, 6) is -0.426. The maximum Gasteiger partial charge on any atom is 0.277 e. The van der Waals surface area contributed by atoms with Crippen LogP contribution in [0.15, 0.2) is 24.5 Å². The summed E-state index contributed by atoms with van der Waals surface area (Å²) in [6.45, 7) is 0.121. The maximum atomic E-state index is 12.3. The van der Waals surface area contributed by atoms with Crippen LogP contribution in [0.3, 0.4) is 0 Å². The van der Waals surface area contributed by atoms with Crippen molar-refractivity contribution in [3.8, 4) is 0 Å². The maximum absolute atomic E-state index is 12.3. The third kappa shape index (κ3) is 3.53. The predicted octanol–water partition coefficient (Wildman–Crippen LogP) is 0.734. The molecule has 0 bridgehead atoms. The van der Waals surface area contributed by atoms with Crippen molar-refractivity contribution in [2.24, 2.45) is 7.05 Å². The number of hydrogen-bond donors (Lipinski definition) is 2. The lowest BCUT2D eigenvalue weighted by atomic mass is 10.1. The third-order valence-electron chi connectivity index (χ3n) is 3.96. The zero-order chi connectivity index (χ0) is 20.4. The van der Waals surface area contributed by atoms with Crippen LogP contribution in [0.2, 0.25) is 0 Å². The van der Waals surface area contributed by atoms with E-state index in [-0.39, 0.29) is 24.3 Å². The van der Waals surface area contributed by atoms with Crippen LogP contribution in [-0.4, -0.2) is 42.0 Å². The van der Waals surface area contributed by atoms with Gasteiger partial charge in [0, 0.05) is 32.1 Å². The molecule has 3 aromatic rings. The van der Waals surface area contributed by atoms with Crippen LogP contribution in [0.1, 0.15) is 16.1 Å². The fourth-order valence-electron chi connectivity index (χ4n) is 2.70. The minimum atomic E-state index is -0.799. The Labute approximate surface area is 156 Å². The van der Waals surface area contributed by atoms with Crippen LogP contribution in [0.4, 0.5) is 17.2 Å². The lowest BCUT2D eigenvalue weighted by Gasteiger charge is -2.05. The van der Waals surface area contributed by atoms with Gasteiger partial charge in [-0.1, -0.05) is 0 Å². The molecular weight excluding hydrogens is 372 g/mol. The van der Waals surface area contributed by atoms with Gasteiger partial charge in [0.05, 0.1) is 32.6 Å².